The molecule has 0 aromatic heterocycles. The third-order valence-corrected chi connectivity index (χ3v) is 3.58. The van der Waals surface area contributed by atoms with E-state index in [0.717, 1.165) is 0 Å². The number of carbonyl (C=O) groups excluding carboxylic acids is 2. The van der Waals surface area contributed by atoms with Crippen molar-refractivity contribution >= 4 is 34.8 Å². The first-order valence-corrected chi connectivity index (χ1v) is 7.57. The van der Waals surface area contributed by atoms with Crippen molar-refractivity contribution in [1.82, 2.24) is 5.43 Å². The molecule has 0 aliphatic heterocycles. The van der Waals surface area contributed by atoms with Gasteiger partial charge in [0, 0.05) is 5.56 Å². The van der Waals surface area contributed by atoms with Crippen LogP contribution in [0.2, 0.25) is 5.02 Å². The van der Waals surface area contributed by atoms with Crippen LogP contribution in [-0.2, 0) is 9.59 Å². The lowest BCUT2D eigenvalue weighted by molar-refractivity contribution is -0.136. The second-order valence-corrected chi connectivity index (χ2v) is 5.37. The molecule has 0 saturated carbocycles. The number of nitrogens with zero attached hydrogens (tertiary/aromatic N) is 1. The van der Waals surface area contributed by atoms with Gasteiger partial charge in [-0.1, -0.05) is 23.7 Å². The molecule has 25 heavy (non-hydrogen) atoms. The van der Waals surface area contributed by atoms with E-state index in [0.29, 0.717) is 22.0 Å². The fourth-order valence-corrected chi connectivity index (χ4v) is 2.08. The summed E-state index contributed by atoms with van der Waals surface area (Å²) in [6, 6.07) is 11.2. The van der Waals surface area contributed by atoms with Crippen LogP contribution in [0.1, 0.15) is 12.5 Å². The third-order valence-electron chi connectivity index (χ3n) is 3.25. The second-order valence-electron chi connectivity index (χ2n) is 4.96. The maximum absolute atomic E-state index is 11.9. The van der Waals surface area contributed by atoms with E-state index in [1.54, 1.807) is 43.3 Å². The fraction of sp³-hybridized carbons (Fsp3) is 0.118. The highest BCUT2D eigenvalue weighted by Crippen LogP contribution is 2.26. The molecule has 8 heteroatoms. The predicted octanol–water partition coefficient (Wildman–Crippen LogP) is 2.53. The molecule has 2 rings (SSSR count). The summed E-state index contributed by atoms with van der Waals surface area (Å²) in [6.07, 6.45) is 0. The molecule has 0 spiro atoms. The third kappa shape index (κ3) is 4.71. The van der Waals surface area contributed by atoms with E-state index >= 15 is 0 Å². The van der Waals surface area contributed by atoms with Crippen LogP contribution in [0, 0.1) is 0 Å². The number of phenolic OH excluding ortho intramolecular Hbond substituents is 1. The lowest BCUT2D eigenvalue weighted by Gasteiger charge is -2.07. The van der Waals surface area contributed by atoms with Crippen molar-refractivity contribution in [2.24, 2.45) is 5.10 Å². The maximum Gasteiger partial charge on any atom is 0.329 e. The summed E-state index contributed by atoms with van der Waals surface area (Å²) in [4.78, 5) is 23.7. The zero-order chi connectivity index (χ0) is 18.4. The van der Waals surface area contributed by atoms with Crippen molar-refractivity contribution < 1.29 is 19.4 Å². The summed E-state index contributed by atoms with van der Waals surface area (Å²) in [5, 5.41) is 16.2. The van der Waals surface area contributed by atoms with Gasteiger partial charge in [0.15, 0.2) is 11.5 Å². The average Bonchev–Trinajstić information content (AvgIpc) is 2.61. The van der Waals surface area contributed by atoms with Crippen LogP contribution < -0.4 is 15.5 Å². The maximum atomic E-state index is 11.9. The SMILES string of the molecule is COc1cc(/C(C)=N/NC(=O)C(=O)Nc2ccccc2Cl)ccc1O. The van der Waals surface area contributed by atoms with E-state index in [4.69, 9.17) is 16.3 Å². The summed E-state index contributed by atoms with van der Waals surface area (Å²) in [5.41, 5.74) is 3.53. The Kier molecular flexibility index (Phi) is 5.97. The molecular weight excluding hydrogens is 346 g/mol. The quantitative estimate of drug-likeness (QED) is 0.442. The van der Waals surface area contributed by atoms with Gasteiger partial charge >= 0.3 is 11.8 Å². The number of rotatable bonds is 4. The number of ether oxygens (including phenoxy) is 1. The molecule has 0 unspecified atom stereocenters. The molecule has 2 amide bonds. The number of hydrogen-bond acceptors (Lipinski definition) is 5. The number of methoxy groups -OCH3 is 1. The Morgan fingerprint density at radius 1 is 1.16 bits per heavy atom. The van der Waals surface area contributed by atoms with E-state index in [2.05, 4.69) is 15.8 Å². The van der Waals surface area contributed by atoms with Crippen LogP contribution in [0.15, 0.2) is 47.6 Å². The smallest absolute Gasteiger partial charge is 0.329 e. The van der Waals surface area contributed by atoms with Crippen LogP contribution in [0.3, 0.4) is 0 Å². The molecular formula is C17H16ClN3O4. The zero-order valence-electron chi connectivity index (χ0n) is 13.5. The van der Waals surface area contributed by atoms with Crippen molar-refractivity contribution in [3.63, 3.8) is 0 Å². The van der Waals surface area contributed by atoms with Gasteiger partial charge in [-0.05, 0) is 37.3 Å². The summed E-state index contributed by atoms with van der Waals surface area (Å²) < 4.78 is 5.01. The summed E-state index contributed by atoms with van der Waals surface area (Å²) in [6.45, 7) is 1.64. The van der Waals surface area contributed by atoms with Gasteiger partial charge in [0.2, 0.25) is 0 Å². The average molecular weight is 362 g/mol. The lowest BCUT2D eigenvalue weighted by atomic mass is 10.1. The Morgan fingerprint density at radius 3 is 2.56 bits per heavy atom. The number of para-hydroxylation sites is 1. The van der Waals surface area contributed by atoms with Gasteiger partial charge in [-0.3, -0.25) is 9.59 Å². The van der Waals surface area contributed by atoms with Crippen molar-refractivity contribution in [3.8, 4) is 11.5 Å². The minimum absolute atomic E-state index is 0.0118. The van der Waals surface area contributed by atoms with Crippen molar-refractivity contribution in [1.29, 1.82) is 0 Å². The molecule has 0 saturated heterocycles. The van der Waals surface area contributed by atoms with E-state index in [9.17, 15) is 14.7 Å². The molecule has 0 fully saturated rings. The number of hydrazone groups is 1. The van der Waals surface area contributed by atoms with E-state index < -0.39 is 11.8 Å². The van der Waals surface area contributed by atoms with Gasteiger partial charge in [0.05, 0.1) is 23.5 Å². The molecule has 0 atom stereocenters. The van der Waals surface area contributed by atoms with E-state index in [-0.39, 0.29) is 11.5 Å². The summed E-state index contributed by atoms with van der Waals surface area (Å²) in [5.74, 6) is -1.57. The summed E-state index contributed by atoms with van der Waals surface area (Å²) in [7, 11) is 1.42. The number of amides is 2. The van der Waals surface area contributed by atoms with E-state index in [1.165, 1.54) is 13.2 Å². The van der Waals surface area contributed by atoms with Gasteiger partial charge in [0.1, 0.15) is 0 Å². The van der Waals surface area contributed by atoms with Gasteiger partial charge in [-0.25, -0.2) is 5.43 Å². The molecule has 7 nitrogen and oxygen atoms in total. The van der Waals surface area contributed by atoms with Crippen molar-refractivity contribution in [2.45, 2.75) is 6.92 Å². The number of aromatic hydroxyl groups is 1. The topological polar surface area (TPSA) is 100 Å². The number of benzene rings is 2. The van der Waals surface area contributed by atoms with E-state index in [1.807, 2.05) is 0 Å². The Bertz CT molecular complexity index is 836. The number of hydrogen-bond donors (Lipinski definition) is 3. The largest absolute Gasteiger partial charge is 0.504 e. The number of halogens is 1. The lowest BCUT2D eigenvalue weighted by Crippen LogP contribution is -2.33. The van der Waals surface area contributed by atoms with Crippen LogP contribution in [0.4, 0.5) is 5.69 Å². The zero-order valence-corrected chi connectivity index (χ0v) is 14.3. The Morgan fingerprint density at radius 2 is 1.88 bits per heavy atom. The normalized spacial score (nSPS) is 10.9. The number of nitrogens with one attached hydrogen (secondary N) is 2. The minimum atomic E-state index is -0.940. The van der Waals surface area contributed by atoms with Gasteiger partial charge < -0.3 is 15.2 Å². The fourth-order valence-electron chi connectivity index (χ4n) is 1.89. The van der Waals surface area contributed by atoms with Gasteiger partial charge in [-0.2, -0.15) is 5.10 Å². The molecule has 2 aromatic rings. The second kappa shape index (κ2) is 8.16. The molecule has 0 bridgehead atoms. The van der Waals surface area contributed by atoms with Crippen molar-refractivity contribution in [2.75, 3.05) is 12.4 Å². The van der Waals surface area contributed by atoms with Crippen molar-refractivity contribution in [3.05, 3.63) is 53.1 Å². The van der Waals surface area contributed by atoms with Crippen LogP contribution >= 0.6 is 11.6 Å². The summed E-state index contributed by atoms with van der Waals surface area (Å²) >= 11 is 5.92. The molecule has 0 aliphatic carbocycles. The monoisotopic (exact) mass is 361 g/mol. The number of anilines is 1. The standard InChI is InChI=1S/C17H16ClN3O4/c1-10(11-7-8-14(22)15(9-11)25-2)20-21-17(24)16(23)19-13-6-4-3-5-12(13)18/h3-9,22H,1-2H3,(H,19,23)(H,21,24)/b20-10+. The Balaban J connectivity index is 2.03. The van der Waals surface area contributed by atoms with Crippen LogP contribution in [0.5, 0.6) is 11.5 Å². The van der Waals surface area contributed by atoms with Gasteiger partial charge in [0.25, 0.3) is 0 Å². The number of phenols is 1. The molecule has 3 N–H and O–H groups in total. The molecule has 130 valence electrons. The predicted molar refractivity (Wildman–Crippen MR) is 95.1 cm³/mol. The molecule has 0 radical (unpaired) electrons. The van der Waals surface area contributed by atoms with Gasteiger partial charge in [-0.15, -0.1) is 0 Å². The molecule has 2 aromatic carbocycles. The first kappa shape index (κ1) is 18.3. The van der Waals surface area contributed by atoms with Crippen LogP contribution in [0.25, 0.3) is 0 Å². The number of carbonyl (C=O) groups is 2. The highest BCUT2D eigenvalue weighted by atomic mass is 35.5. The van der Waals surface area contributed by atoms with Crippen LogP contribution in [-0.4, -0.2) is 29.7 Å². The highest BCUT2D eigenvalue weighted by Gasteiger charge is 2.14. The first-order chi connectivity index (χ1) is 11.9. The first-order valence-electron chi connectivity index (χ1n) is 7.20. The Labute approximate surface area is 149 Å². The molecule has 0 aliphatic rings. The Hall–Kier alpha value is -3.06. The minimum Gasteiger partial charge on any atom is -0.504 e. The molecule has 0 heterocycles. The highest BCUT2D eigenvalue weighted by molar-refractivity contribution is 6.41.